The molecule has 1 aromatic carbocycles. The fourth-order valence-corrected chi connectivity index (χ4v) is 1.88. The predicted octanol–water partition coefficient (Wildman–Crippen LogP) is 3.89. The molecule has 2 aromatic rings. The van der Waals surface area contributed by atoms with E-state index < -0.39 is 0 Å². The fourth-order valence-electron chi connectivity index (χ4n) is 1.88. The molecule has 0 spiro atoms. The molecule has 21 heavy (non-hydrogen) atoms. The number of benzene rings is 1. The molecule has 0 amide bonds. The van der Waals surface area contributed by atoms with Crippen molar-refractivity contribution in [2.75, 3.05) is 0 Å². The first-order valence-electron chi connectivity index (χ1n) is 7.19. The van der Waals surface area contributed by atoms with Gasteiger partial charge in [-0.25, -0.2) is 4.39 Å². The van der Waals surface area contributed by atoms with Crippen molar-refractivity contribution in [2.45, 2.75) is 46.3 Å². The molecule has 0 fully saturated rings. The first-order valence-corrected chi connectivity index (χ1v) is 7.19. The summed E-state index contributed by atoms with van der Waals surface area (Å²) in [6.45, 7) is 8.75. The van der Waals surface area contributed by atoms with Crippen LogP contribution >= 0.6 is 0 Å². The third kappa shape index (κ3) is 4.29. The molecule has 2 rings (SSSR count). The SMILES string of the molecule is CC(C)NCc1cc(F)ccc1Oc1cnn(C(C)C)c1. The Hall–Kier alpha value is -1.88. The summed E-state index contributed by atoms with van der Waals surface area (Å²) < 4.78 is 21.1. The lowest BCUT2D eigenvalue weighted by Gasteiger charge is -2.13. The monoisotopic (exact) mass is 291 g/mol. The number of nitrogens with one attached hydrogen (secondary N) is 1. The van der Waals surface area contributed by atoms with Gasteiger partial charge in [-0.05, 0) is 32.0 Å². The van der Waals surface area contributed by atoms with Crippen LogP contribution < -0.4 is 10.1 Å². The Balaban J connectivity index is 2.17. The second kappa shape index (κ2) is 6.72. The molecule has 0 saturated heterocycles. The summed E-state index contributed by atoms with van der Waals surface area (Å²) in [5.74, 6) is 1.04. The summed E-state index contributed by atoms with van der Waals surface area (Å²) in [5, 5.41) is 7.51. The second-order valence-electron chi connectivity index (χ2n) is 5.64. The highest BCUT2D eigenvalue weighted by molar-refractivity contribution is 5.37. The van der Waals surface area contributed by atoms with Crippen LogP contribution in [0.3, 0.4) is 0 Å². The molecule has 0 aliphatic rings. The normalized spacial score (nSPS) is 11.4. The quantitative estimate of drug-likeness (QED) is 0.877. The predicted molar refractivity (Wildman–Crippen MR) is 81.1 cm³/mol. The Morgan fingerprint density at radius 3 is 2.67 bits per heavy atom. The number of aromatic nitrogens is 2. The van der Waals surface area contributed by atoms with E-state index >= 15 is 0 Å². The van der Waals surface area contributed by atoms with Crippen molar-refractivity contribution >= 4 is 0 Å². The number of nitrogens with zero attached hydrogens (tertiary/aromatic N) is 2. The van der Waals surface area contributed by atoms with Gasteiger partial charge in [0.1, 0.15) is 11.6 Å². The summed E-state index contributed by atoms with van der Waals surface area (Å²) in [6.07, 6.45) is 3.51. The Morgan fingerprint density at radius 1 is 1.29 bits per heavy atom. The van der Waals surface area contributed by atoms with Crippen LogP contribution in [0.4, 0.5) is 4.39 Å². The van der Waals surface area contributed by atoms with E-state index in [-0.39, 0.29) is 11.9 Å². The third-order valence-corrected chi connectivity index (χ3v) is 3.06. The van der Waals surface area contributed by atoms with Gasteiger partial charge in [-0.3, -0.25) is 4.68 Å². The first kappa shape index (κ1) is 15.5. The minimum absolute atomic E-state index is 0.263. The lowest BCUT2D eigenvalue weighted by molar-refractivity contribution is 0.463. The molecule has 0 saturated carbocycles. The Kier molecular flexibility index (Phi) is 4.96. The maximum Gasteiger partial charge on any atom is 0.165 e. The Labute approximate surface area is 124 Å². The van der Waals surface area contributed by atoms with Crippen LogP contribution in [0.2, 0.25) is 0 Å². The molecule has 1 N–H and O–H groups in total. The summed E-state index contributed by atoms with van der Waals surface area (Å²) in [6, 6.07) is 5.15. The second-order valence-corrected chi connectivity index (χ2v) is 5.64. The van der Waals surface area contributed by atoms with Crippen molar-refractivity contribution in [3.63, 3.8) is 0 Å². The lowest BCUT2D eigenvalue weighted by Crippen LogP contribution is -2.22. The van der Waals surface area contributed by atoms with Gasteiger partial charge in [-0.15, -0.1) is 0 Å². The van der Waals surface area contributed by atoms with E-state index in [1.165, 1.54) is 12.1 Å². The van der Waals surface area contributed by atoms with Crippen molar-refractivity contribution in [3.8, 4) is 11.5 Å². The van der Waals surface area contributed by atoms with Gasteiger partial charge in [0.15, 0.2) is 5.75 Å². The highest BCUT2D eigenvalue weighted by Gasteiger charge is 2.09. The van der Waals surface area contributed by atoms with Gasteiger partial charge in [0.2, 0.25) is 0 Å². The molecule has 0 atom stereocenters. The van der Waals surface area contributed by atoms with E-state index in [0.717, 1.165) is 5.56 Å². The molecule has 0 radical (unpaired) electrons. The maximum absolute atomic E-state index is 13.4. The van der Waals surface area contributed by atoms with Crippen molar-refractivity contribution in [2.24, 2.45) is 0 Å². The summed E-state index contributed by atoms with van der Waals surface area (Å²) in [4.78, 5) is 0. The van der Waals surface area contributed by atoms with E-state index in [4.69, 9.17) is 4.74 Å². The molecule has 0 unspecified atom stereocenters. The van der Waals surface area contributed by atoms with Gasteiger partial charge < -0.3 is 10.1 Å². The molecule has 0 aliphatic carbocycles. The van der Waals surface area contributed by atoms with Crippen molar-refractivity contribution in [1.29, 1.82) is 0 Å². The summed E-state index contributed by atoms with van der Waals surface area (Å²) in [7, 11) is 0. The zero-order chi connectivity index (χ0) is 15.4. The van der Waals surface area contributed by atoms with E-state index in [9.17, 15) is 4.39 Å². The van der Waals surface area contributed by atoms with Gasteiger partial charge in [0.25, 0.3) is 0 Å². The molecule has 0 aliphatic heterocycles. The van der Waals surface area contributed by atoms with Crippen LogP contribution in [0.25, 0.3) is 0 Å². The zero-order valence-electron chi connectivity index (χ0n) is 12.9. The molecule has 1 heterocycles. The van der Waals surface area contributed by atoms with Gasteiger partial charge in [0, 0.05) is 24.2 Å². The van der Waals surface area contributed by atoms with Gasteiger partial charge in [-0.2, -0.15) is 5.10 Å². The molecule has 4 nitrogen and oxygen atoms in total. The zero-order valence-corrected chi connectivity index (χ0v) is 12.9. The topological polar surface area (TPSA) is 39.1 Å². The number of hydrogen-bond donors (Lipinski definition) is 1. The van der Waals surface area contributed by atoms with Crippen LogP contribution in [0.5, 0.6) is 11.5 Å². The minimum atomic E-state index is -0.263. The average Bonchev–Trinajstić information content (AvgIpc) is 2.87. The van der Waals surface area contributed by atoms with Crippen LogP contribution in [-0.4, -0.2) is 15.8 Å². The minimum Gasteiger partial charge on any atom is -0.454 e. The highest BCUT2D eigenvalue weighted by Crippen LogP contribution is 2.26. The Morgan fingerprint density at radius 2 is 2.05 bits per heavy atom. The molecular weight excluding hydrogens is 269 g/mol. The third-order valence-electron chi connectivity index (χ3n) is 3.06. The van der Waals surface area contributed by atoms with E-state index in [2.05, 4.69) is 10.4 Å². The fraction of sp³-hybridized carbons (Fsp3) is 0.438. The number of rotatable bonds is 6. The number of halogens is 1. The van der Waals surface area contributed by atoms with Crippen molar-refractivity contribution in [3.05, 3.63) is 42.0 Å². The number of ether oxygens (including phenoxy) is 1. The Bertz CT molecular complexity index is 593. The smallest absolute Gasteiger partial charge is 0.165 e. The van der Waals surface area contributed by atoms with Crippen LogP contribution in [0.1, 0.15) is 39.3 Å². The number of hydrogen-bond acceptors (Lipinski definition) is 3. The van der Waals surface area contributed by atoms with Crippen molar-refractivity contribution < 1.29 is 9.13 Å². The lowest BCUT2D eigenvalue weighted by atomic mass is 10.2. The van der Waals surface area contributed by atoms with E-state index in [1.807, 2.05) is 38.6 Å². The van der Waals surface area contributed by atoms with Gasteiger partial charge >= 0.3 is 0 Å². The largest absolute Gasteiger partial charge is 0.454 e. The van der Waals surface area contributed by atoms with Gasteiger partial charge in [0.05, 0.1) is 12.4 Å². The van der Waals surface area contributed by atoms with Gasteiger partial charge in [-0.1, -0.05) is 13.8 Å². The molecule has 114 valence electrons. The molecule has 1 aromatic heterocycles. The van der Waals surface area contributed by atoms with Crippen LogP contribution in [0, 0.1) is 5.82 Å². The molecule has 5 heteroatoms. The summed E-state index contributed by atoms with van der Waals surface area (Å²) in [5.41, 5.74) is 0.793. The van der Waals surface area contributed by atoms with Crippen molar-refractivity contribution in [1.82, 2.24) is 15.1 Å². The highest BCUT2D eigenvalue weighted by atomic mass is 19.1. The van der Waals surface area contributed by atoms with Crippen LogP contribution in [-0.2, 0) is 6.54 Å². The van der Waals surface area contributed by atoms with Crippen LogP contribution in [0.15, 0.2) is 30.6 Å². The molecular formula is C16H22FN3O. The first-order chi connectivity index (χ1) is 9.95. The van der Waals surface area contributed by atoms with E-state index in [0.29, 0.717) is 24.1 Å². The standard InChI is InChI=1S/C16H22FN3O/c1-11(2)18-8-13-7-14(17)5-6-16(13)21-15-9-19-20(10-15)12(3)4/h5-7,9-12,18H,8H2,1-4H3. The van der Waals surface area contributed by atoms with E-state index in [1.54, 1.807) is 12.3 Å². The average molecular weight is 291 g/mol. The maximum atomic E-state index is 13.4. The summed E-state index contributed by atoms with van der Waals surface area (Å²) >= 11 is 0. The molecule has 0 bridgehead atoms.